The predicted molar refractivity (Wildman–Crippen MR) is 264 cm³/mol. The molecule has 304 valence electrons. The van der Waals surface area contributed by atoms with Gasteiger partial charge in [0.15, 0.2) is 23.3 Å². The van der Waals surface area contributed by atoms with Crippen molar-refractivity contribution in [2.45, 2.75) is 0 Å². The van der Waals surface area contributed by atoms with Crippen molar-refractivity contribution >= 4 is 32.7 Å². The Bertz CT molecular complexity index is 3710. The minimum Gasteiger partial charge on any atom is -0.455 e. The van der Waals surface area contributed by atoms with Gasteiger partial charge in [0, 0.05) is 44.2 Å². The first kappa shape index (κ1) is 37.9. The van der Waals surface area contributed by atoms with E-state index < -0.39 is 0 Å². The third-order valence-corrected chi connectivity index (χ3v) is 12.0. The summed E-state index contributed by atoms with van der Waals surface area (Å²) in [5.41, 5.74) is 13.0. The number of rotatable bonds is 8. The van der Waals surface area contributed by atoms with Gasteiger partial charge in [-0.25, -0.2) is 24.9 Å². The van der Waals surface area contributed by atoms with Crippen molar-refractivity contribution < 1.29 is 4.42 Å². The SMILES string of the molecule is c1ccc(-c2nc(-c3cccc(-c4cccc(-c5nc(-c6ccccc6)nc(-c6cccc7c6oc6c(-c8ccccc8)cccc67)n5)c4)c3)cc(-c3cccc4ccccc34)n2)cc1. The van der Waals surface area contributed by atoms with Gasteiger partial charge in [-0.3, -0.25) is 0 Å². The lowest BCUT2D eigenvalue weighted by Crippen LogP contribution is -2.00. The standard InChI is InChI=1S/C59H37N5O/c1-4-17-39(18-5-1)47-30-15-32-49-50-33-16-34-51(55(50)65-54(47)49)59-63-57(41-22-8-3-9-23-41)62-58(64-59)45-28-13-26-43(36-45)42-25-12-27-44(35-42)52-37-53(61-56(60-52)40-20-6-2-7-21-40)48-31-14-24-38-19-10-11-29-46(38)48/h1-37H. The Morgan fingerprint density at radius 2 is 0.677 bits per heavy atom. The van der Waals surface area contributed by atoms with E-state index in [1.54, 1.807) is 0 Å². The molecule has 0 spiro atoms. The van der Waals surface area contributed by atoms with Gasteiger partial charge >= 0.3 is 0 Å². The van der Waals surface area contributed by atoms with Crippen molar-refractivity contribution in [2.24, 2.45) is 0 Å². The summed E-state index contributed by atoms with van der Waals surface area (Å²) in [6.45, 7) is 0. The van der Waals surface area contributed by atoms with Gasteiger partial charge in [-0.2, -0.15) is 0 Å². The van der Waals surface area contributed by atoms with Crippen molar-refractivity contribution in [1.29, 1.82) is 0 Å². The van der Waals surface area contributed by atoms with E-state index in [0.717, 1.165) is 94.3 Å². The fraction of sp³-hybridized carbons (Fsp3) is 0. The molecule has 0 aliphatic carbocycles. The lowest BCUT2D eigenvalue weighted by molar-refractivity contribution is 0.670. The quantitative estimate of drug-likeness (QED) is 0.152. The normalized spacial score (nSPS) is 11.4. The highest BCUT2D eigenvalue weighted by molar-refractivity contribution is 6.12. The van der Waals surface area contributed by atoms with Gasteiger partial charge in [-0.1, -0.05) is 200 Å². The summed E-state index contributed by atoms with van der Waals surface area (Å²) >= 11 is 0. The van der Waals surface area contributed by atoms with Crippen LogP contribution in [-0.2, 0) is 0 Å². The van der Waals surface area contributed by atoms with Gasteiger partial charge in [0.05, 0.1) is 17.0 Å². The number of benzene rings is 9. The van der Waals surface area contributed by atoms with E-state index in [0.29, 0.717) is 23.3 Å². The average Bonchev–Trinajstić information content (AvgIpc) is 3.78. The molecule has 0 atom stereocenters. The first-order valence-corrected chi connectivity index (χ1v) is 21.7. The fourth-order valence-electron chi connectivity index (χ4n) is 8.78. The van der Waals surface area contributed by atoms with Gasteiger partial charge < -0.3 is 4.42 Å². The van der Waals surface area contributed by atoms with Gasteiger partial charge in [-0.05, 0) is 51.7 Å². The molecule has 0 bridgehead atoms. The highest BCUT2D eigenvalue weighted by atomic mass is 16.3. The minimum atomic E-state index is 0.534. The van der Waals surface area contributed by atoms with E-state index in [1.165, 1.54) is 5.39 Å². The lowest BCUT2D eigenvalue weighted by atomic mass is 9.98. The zero-order valence-corrected chi connectivity index (χ0v) is 35.0. The first-order valence-electron chi connectivity index (χ1n) is 21.7. The average molecular weight is 832 g/mol. The first-order chi connectivity index (χ1) is 32.2. The summed E-state index contributed by atoms with van der Waals surface area (Å²) in [6, 6.07) is 76.9. The fourth-order valence-corrected chi connectivity index (χ4v) is 8.78. The molecule has 0 aliphatic rings. The van der Waals surface area contributed by atoms with Crippen LogP contribution in [0.15, 0.2) is 229 Å². The second-order valence-electron chi connectivity index (χ2n) is 16.0. The monoisotopic (exact) mass is 831 g/mol. The zero-order valence-electron chi connectivity index (χ0n) is 35.0. The molecule has 0 N–H and O–H groups in total. The summed E-state index contributed by atoms with van der Waals surface area (Å²) in [5, 5.41) is 4.36. The van der Waals surface area contributed by atoms with E-state index in [1.807, 2.05) is 78.9 Å². The van der Waals surface area contributed by atoms with Gasteiger partial charge in [0.25, 0.3) is 0 Å². The summed E-state index contributed by atoms with van der Waals surface area (Å²) in [5.74, 6) is 2.35. The number of hydrogen-bond acceptors (Lipinski definition) is 6. The maximum Gasteiger partial charge on any atom is 0.167 e. The summed E-state index contributed by atoms with van der Waals surface area (Å²) in [7, 11) is 0. The Kier molecular flexibility index (Phi) is 9.38. The molecular formula is C59H37N5O. The molecule has 0 radical (unpaired) electrons. The van der Waals surface area contributed by atoms with E-state index in [-0.39, 0.29) is 0 Å². The molecule has 3 heterocycles. The topological polar surface area (TPSA) is 77.6 Å². The van der Waals surface area contributed by atoms with Crippen LogP contribution >= 0.6 is 0 Å². The van der Waals surface area contributed by atoms with E-state index >= 15 is 0 Å². The molecule has 12 rings (SSSR count). The molecule has 0 saturated heterocycles. The highest BCUT2D eigenvalue weighted by Crippen LogP contribution is 2.40. The van der Waals surface area contributed by atoms with Gasteiger partial charge in [0.1, 0.15) is 11.2 Å². The number of furan rings is 1. The number of hydrogen-bond donors (Lipinski definition) is 0. The molecule has 0 fully saturated rings. The van der Waals surface area contributed by atoms with Crippen molar-refractivity contribution in [2.75, 3.05) is 0 Å². The van der Waals surface area contributed by atoms with Crippen LogP contribution in [0.2, 0.25) is 0 Å². The number of aromatic nitrogens is 5. The van der Waals surface area contributed by atoms with Crippen LogP contribution in [0.4, 0.5) is 0 Å². The number of para-hydroxylation sites is 2. The predicted octanol–water partition coefficient (Wildman–Crippen LogP) is 15.1. The number of fused-ring (bicyclic) bond motifs is 4. The third-order valence-electron chi connectivity index (χ3n) is 12.0. The summed E-state index contributed by atoms with van der Waals surface area (Å²) in [4.78, 5) is 25.7. The Hall–Kier alpha value is -8.87. The summed E-state index contributed by atoms with van der Waals surface area (Å²) in [6.07, 6.45) is 0. The van der Waals surface area contributed by atoms with Crippen LogP contribution in [0.5, 0.6) is 0 Å². The van der Waals surface area contributed by atoms with Crippen LogP contribution in [0, 0.1) is 0 Å². The maximum atomic E-state index is 6.81. The van der Waals surface area contributed by atoms with Crippen LogP contribution in [0.1, 0.15) is 0 Å². The van der Waals surface area contributed by atoms with Crippen LogP contribution in [0.25, 0.3) is 123 Å². The molecule has 9 aromatic carbocycles. The highest BCUT2D eigenvalue weighted by Gasteiger charge is 2.20. The molecular weight excluding hydrogens is 795 g/mol. The molecule has 0 unspecified atom stereocenters. The smallest absolute Gasteiger partial charge is 0.167 e. The van der Waals surface area contributed by atoms with Crippen molar-refractivity contribution in [3.63, 3.8) is 0 Å². The zero-order chi connectivity index (χ0) is 43.1. The second kappa shape index (κ2) is 16.1. The number of nitrogens with zero attached hydrogens (tertiary/aromatic N) is 5. The van der Waals surface area contributed by atoms with Gasteiger partial charge in [0.2, 0.25) is 0 Å². The molecule has 0 aliphatic heterocycles. The van der Waals surface area contributed by atoms with E-state index in [9.17, 15) is 0 Å². The Morgan fingerprint density at radius 1 is 0.246 bits per heavy atom. The molecule has 0 amide bonds. The molecule has 6 nitrogen and oxygen atoms in total. The van der Waals surface area contributed by atoms with Crippen molar-refractivity contribution in [3.05, 3.63) is 224 Å². The molecule has 0 saturated carbocycles. The maximum absolute atomic E-state index is 6.81. The van der Waals surface area contributed by atoms with Gasteiger partial charge in [-0.15, -0.1) is 0 Å². The Balaban J connectivity index is 0.970. The molecule has 65 heavy (non-hydrogen) atoms. The third kappa shape index (κ3) is 7.09. The van der Waals surface area contributed by atoms with E-state index in [4.69, 9.17) is 29.3 Å². The van der Waals surface area contributed by atoms with Crippen LogP contribution in [-0.4, -0.2) is 24.9 Å². The Morgan fingerprint density at radius 3 is 1.38 bits per heavy atom. The molecule has 6 heteroatoms. The van der Waals surface area contributed by atoms with E-state index in [2.05, 4.69) is 146 Å². The minimum absolute atomic E-state index is 0.534. The largest absolute Gasteiger partial charge is 0.455 e. The molecule has 12 aromatic rings. The van der Waals surface area contributed by atoms with Crippen molar-refractivity contribution in [3.8, 4) is 90.3 Å². The van der Waals surface area contributed by atoms with Crippen LogP contribution in [0.3, 0.4) is 0 Å². The van der Waals surface area contributed by atoms with Crippen molar-refractivity contribution in [1.82, 2.24) is 24.9 Å². The summed E-state index contributed by atoms with van der Waals surface area (Å²) < 4.78 is 6.81. The van der Waals surface area contributed by atoms with Crippen LogP contribution < -0.4 is 0 Å². The lowest BCUT2D eigenvalue weighted by Gasteiger charge is -2.12. The second-order valence-corrected chi connectivity index (χ2v) is 16.0. The Labute approximate surface area is 375 Å². The molecule has 3 aromatic heterocycles.